The highest BCUT2D eigenvalue weighted by Gasteiger charge is 2.36. The fourth-order valence-corrected chi connectivity index (χ4v) is 7.06. The van der Waals surface area contributed by atoms with Gasteiger partial charge in [-0.2, -0.15) is 0 Å². The largest absolute Gasteiger partial charge is 0.481 e. The number of carbonyl (C=O) groups is 5. The van der Waals surface area contributed by atoms with E-state index in [0.29, 0.717) is 24.8 Å². The molecule has 41 heavy (non-hydrogen) atoms. The zero-order valence-electron chi connectivity index (χ0n) is 24.6. The zero-order valence-corrected chi connectivity index (χ0v) is 24.6. The molecule has 3 fully saturated rings. The van der Waals surface area contributed by atoms with Gasteiger partial charge in [0.05, 0.1) is 13.0 Å². The lowest BCUT2D eigenvalue weighted by atomic mass is 9.66. The molecule has 5 N–H and O–H groups in total. The monoisotopic (exact) mass is 578 g/mol. The van der Waals surface area contributed by atoms with Crippen molar-refractivity contribution in [1.29, 1.82) is 0 Å². The third kappa shape index (κ3) is 10.9. The van der Waals surface area contributed by atoms with Crippen molar-refractivity contribution in [2.24, 2.45) is 23.7 Å². The van der Waals surface area contributed by atoms with Crippen LogP contribution in [-0.4, -0.2) is 83.0 Å². The second-order valence-corrected chi connectivity index (χ2v) is 12.3. The van der Waals surface area contributed by atoms with Gasteiger partial charge < -0.3 is 31.1 Å². The minimum absolute atomic E-state index is 0.158. The first kappa shape index (κ1) is 32.8. The second kappa shape index (κ2) is 16.7. The number of rotatable bonds is 15. The van der Waals surface area contributed by atoms with Gasteiger partial charge in [-0.25, -0.2) is 4.79 Å². The fourth-order valence-electron chi connectivity index (χ4n) is 7.06. The van der Waals surface area contributed by atoms with E-state index in [4.69, 9.17) is 0 Å². The molecule has 0 radical (unpaired) electrons. The summed E-state index contributed by atoms with van der Waals surface area (Å²) in [7, 11) is 0. The Balaban J connectivity index is 1.50. The molecule has 5 atom stereocenters. The maximum atomic E-state index is 13.0. The Morgan fingerprint density at radius 2 is 1.59 bits per heavy atom. The lowest BCUT2D eigenvalue weighted by Crippen LogP contribution is -2.54. The van der Waals surface area contributed by atoms with E-state index < -0.39 is 42.3 Å². The molecule has 0 aromatic heterocycles. The normalized spacial score (nSPS) is 24.4. The standard InChI is InChI=1S/C30H50N4O7/c1-2-34(27(36)9-5-6-20-12-14-31-15-13-20)19-26(35)32-24(18-28(37)38)29(39)33-25(30(40)41)17-21-10-11-22-7-3-4-8-23(22)16-21/h20-25,31H,2-19H2,1H3,(H,32,35)(H,33,39)(H,37,38)(H,40,41)/t21?,22?,23-,24?,25?/m0/s1. The summed E-state index contributed by atoms with van der Waals surface area (Å²) in [5, 5.41) is 27.5. The van der Waals surface area contributed by atoms with E-state index in [-0.39, 0.29) is 24.8 Å². The molecular weight excluding hydrogens is 528 g/mol. The molecule has 1 saturated heterocycles. The van der Waals surface area contributed by atoms with Crippen molar-refractivity contribution in [3.05, 3.63) is 0 Å². The van der Waals surface area contributed by atoms with Crippen molar-refractivity contribution in [2.75, 3.05) is 26.2 Å². The Bertz CT molecular complexity index is 907. The number of fused-ring (bicyclic) bond motifs is 1. The van der Waals surface area contributed by atoms with Crippen LogP contribution in [0.25, 0.3) is 0 Å². The first-order chi connectivity index (χ1) is 19.7. The number of hydrogen-bond donors (Lipinski definition) is 5. The molecule has 11 heteroatoms. The van der Waals surface area contributed by atoms with Crippen LogP contribution in [0.2, 0.25) is 0 Å². The molecule has 1 aliphatic heterocycles. The summed E-state index contributed by atoms with van der Waals surface area (Å²) < 4.78 is 0. The summed E-state index contributed by atoms with van der Waals surface area (Å²) in [6, 6.07) is -2.60. The van der Waals surface area contributed by atoms with Crippen LogP contribution in [-0.2, 0) is 24.0 Å². The predicted octanol–water partition coefficient (Wildman–Crippen LogP) is 2.53. The third-order valence-electron chi connectivity index (χ3n) is 9.39. The van der Waals surface area contributed by atoms with Crippen molar-refractivity contribution < 1.29 is 34.2 Å². The lowest BCUT2D eigenvalue weighted by molar-refractivity contribution is -0.144. The van der Waals surface area contributed by atoms with Crippen LogP contribution in [0, 0.1) is 23.7 Å². The number of amides is 3. The molecule has 3 aliphatic rings. The van der Waals surface area contributed by atoms with Crippen molar-refractivity contribution in [3.8, 4) is 0 Å². The molecule has 11 nitrogen and oxygen atoms in total. The number of carboxylic acids is 2. The highest BCUT2D eigenvalue weighted by molar-refractivity contribution is 5.94. The van der Waals surface area contributed by atoms with E-state index in [1.807, 2.05) is 0 Å². The molecule has 3 amide bonds. The number of nitrogens with zero attached hydrogens (tertiary/aromatic N) is 1. The van der Waals surface area contributed by atoms with Gasteiger partial charge in [0.15, 0.2) is 0 Å². The van der Waals surface area contributed by atoms with E-state index >= 15 is 0 Å². The summed E-state index contributed by atoms with van der Waals surface area (Å²) in [6.45, 7) is 3.77. The van der Waals surface area contributed by atoms with Crippen LogP contribution in [0.15, 0.2) is 0 Å². The number of piperidine rings is 1. The van der Waals surface area contributed by atoms with Gasteiger partial charge in [-0.1, -0.05) is 32.1 Å². The fraction of sp³-hybridized carbons (Fsp3) is 0.833. The molecule has 232 valence electrons. The minimum Gasteiger partial charge on any atom is -0.481 e. The van der Waals surface area contributed by atoms with Gasteiger partial charge in [0, 0.05) is 13.0 Å². The Morgan fingerprint density at radius 1 is 0.878 bits per heavy atom. The van der Waals surface area contributed by atoms with Gasteiger partial charge in [-0.15, -0.1) is 0 Å². The Kier molecular flexibility index (Phi) is 13.3. The zero-order chi connectivity index (χ0) is 29.8. The number of hydrogen-bond acceptors (Lipinski definition) is 6. The van der Waals surface area contributed by atoms with Gasteiger partial charge in [0.2, 0.25) is 17.7 Å². The van der Waals surface area contributed by atoms with E-state index in [0.717, 1.165) is 64.0 Å². The van der Waals surface area contributed by atoms with Crippen LogP contribution in [0.3, 0.4) is 0 Å². The lowest BCUT2D eigenvalue weighted by Gasteiger charge is -2.40. The molecule has 1 heterocycles. The summed E-state index contributed by atoms with van der Waals surface area (Å²) in [5.74, 6) is -1.99. The molecule has 0 bridgehead atoms. The quantitative estimate of drug-likeness (QED) is 0.198. The van der Waals surface area contributed by atoms with E-state index in [1.165, 1.54) is 30.6 Å². The average molecular weight is 579 g/mol. The maximum absolute atomic E-state index is 13.0. The Morgan fingerprint density at radius 3 is 2.24 bits per heavy atom. The molecule has 2 aliphatic carbocycles. The van der Waals surface area contributed by atoms with Crippen LogP contribution < -0.4 is 16.0 Å². The van der Waals surface area contributed by atoms with E-state index in [1.54, 1.807) is 6.92 Å². The molecule has 2 saturated carbocycles. The SMILES string of the molecule is CCN(CC(=O)NC(CC(=O)O)C(=O)NC(CC1CCC2CCCC[C@H]2C1)C(=O)O)C(=O)CCCC1CCNCC1. The van der Waals surface area contributed by atoms with Crippen LogP contribution in [0.5, 0.6) is 0 Å². The molecule has 3 rings (SSSR count). The highest BCUT2D eigenvalue weighted by atomic mass is 16.4. The van der Waals surface area contributed by atoms with Gasteiger partial charge in [-0.05, 0) is 88.6 Å². The van der Waals surface area contributed by atoms with Crippen LogP contribution in [0.4, 0.5) is 0 Å². The summed E-state index contributed by atoms with van der Waals surface area (Å²) in [4.78, 5) is 63.5. The summed E-state index contributed by atoms with van der Waals surface area (Å²) in [6.07, 6.45) is 11.7. The minimum atomic E-state index is -1.44. The molecule has 0 aromatic rings. The van der Waals surface area contributed by atoms with Crippen LogP contribution in [0.1, 0.15) is 96.8 Å². The second-order valence-electron chi connectivity index (χ2n) is 12.3. The first-order valence-electron chi connectivity index (χ1n) is 15.7. The predicted molar refractivity (Wildman–Crippen MR) is 153 cm³/mol. The third-order valence-corrected chi connectivity index (χ3v) is 9.39. The van der Waals surface area contributed by atoms with Gasteiger partial charge in [0.1, 0.15) is 12.1 Å². The topological polar surface area (TPSA) is 165 Å². The van der Waals surface area contributed by atoms with Gasteiger partial charge in [-0.3, -0.25) is 19.2 Å². The maximum Gasteiger partial charge on any atom is 0.326 e. The number of likely N-dealkylation sites (N-methyl/N-ethyl adjacent to an activating group) is 1. The van der Waals surface area contributed by atoms with E-state index in [2.05, 4.69) is 16.0 Å². The summed E-state index contributed by atoms with van der Waals surface area (Å²) in [5.41, 5.74) is 0. The highest BCUT2D eigenvalue weighted by Crippen LogP contribution is 2.43. The molecular formula is C30H50N4O7. The van der Waals surface area contributed by atoms with Gasteiger partial charge in [0.25, 0.3) is 0 Å². The van der Waals surface area contributed by atoms with Gasteiger partial charge >= 0.3 is 11.9 Å². The number of carboxylic acid groups (broad SMARTS) is 2. The number of carbonyl (C=O) groups excluding carboxylic acids is 3. The Hall–Kier alpha value is -2.69. The van der Waals surface area contributed by atoms with Crippen LogP contribution >= 0.6 is 0 Å². The number of nitrogens with one attached hydrogen (secondary N) is 3. The van der Waals surface area contributed by atoms with E-state index in [9.17, 15) is 34.2 Å². The molecule has 4 unspecified atom stereocenters. The Labute approximate surface area is 243 Å². The number of aliphatic carboxylic acids is 2. The molecule has 0 spiro atoms. The first-order valence-corrected chi connectivity index (χ1v) is 15.7. The smallest absolute Gasteiger partial charge is 0.326 e. The van der Waals surface area contributed by atoms with Crippen molar-refractivity contribution in [2.45, 2.75) is 109 Å². The van der Waals surface area contributed by atoms with Crippen molar-refractivity contribution in [3.63, 3.8) is 0 Å². The average Bonchev–Trinajstić information content (AvgIpc) is 2.95. The molecule has 0 aromatic carbocycles. The van der Waals surface area contributed by atoms with Crippen molar-refractivity contribution in [1.82, 2.24) is 20.9 Å². The summed E-state index contributed by atoms with van der Waals surface area (Å²) >= 11 is 0. The van der Waals surface area contributed by atoms with Crippen molar-refractivity contribution >= 4 is 29.7 Å².